The van der Waals surface area contributed by atoms with E-state index in [0.717, 1.165) is 0 Å². The first kappa shape index (κ1) is 12.1. The lowest BCUT2D eigenvalue weighted by Crippen LogP contribution is -2.38. The second-order valence-corrected chi connectivity index (χ2v) is 4.94. The van der Waals surface area contributed by atoms with Gasteiger partial charge >= 0.3 is 7.60 Å². The van der Waals surface area contributed by atoms with Crippen molar-refractivity contribution in [2.24, 2.45) is 5.73 Å². The summed E-state index contributed by atoms with van der Waals surface area (Å²) in [5.41, 5.74) is 5.72. The van der Waals surface area contributed by atoms with Gasteiger partial charge in [-0.05, 0) is 19.8 Å². The lowest BCUT2D eigenvalue weighted by Gasteiger charge is -2.30. The van der Waals surface area contributed by atoms with E-state index in [-0.39, 0.29) is 6.61 Å². The lowest BCUT2D eigenvalue weighted by molar-refractivity contribution is 0.240. The normalized spacial score (nSPS) is 17.4. The molecule has 0 rings (SSSR count). The van der Waals surface area contributed by atoms with Gasteiger partial charge in [0.25, 0.3) is 0 Å². The fourth-order valence-electron chi connectivity index (χ4n) is 0.953. The zero-order valence-corrected chi connectivity index (χ0v) is 8.80. The summed E-state index contributed by atoms with van der Waals surface area (Å²) in [4.78, 5) is 9.44. The molecule has 0 heterocycles. The minimum Gasteiger partial charge on any atom is -0.323 e. The average Bonchev–Trinajstić information content (AvgIpc) is 2.02. The Morgan fingerprint density at radius 2 is 1.83 bits per heavy atom. The lowest BCUT2D eigenvalue weighted by atomic mass is 10.2. The van der Waals surface area contributed by atoms with Gasteiger partial charge in [-0.25, -0.2) is 0 Å². The van der Waals surface area contributed by atoms with Gasteiger partial charge in [-0.1, -0.05) is 13.8 Å². The highest BCUT2D eigenvalue weighted by molar-refractivity contribution is 7.54. The Kier molecular flexibility index (Phi) is 4.42. The second-order valence-electron chi connectivity index (χ2n) is 2.75. The van der Waals surface area contributed by atoms with Gasteiger partial charge in [0.15, 0.2) is 0 Å². The third kappa shape index (κ3) is 2.30. The molecule has 0 saturated heterocycles. The monoisotopic (exact) mass is 195 g/mol. The fourth-order valence-corrected chi connectivity index (χ4v) is 2.36. The van der Waals surface area contributed by atoms with E-state index >= 15 is 0 Å². The zero-order valence-electron chi connectivity index (χ0n) is 7.91. The average molecular weight is 195 g/mol. The Morgan fingerprint density at radius 3 is 2.08 bits per heavy atom. The molecule has 12 heavy (non-hydrogen) atoms. The molecular formula is C7H18NO3P. The molecule has 1 atom stereocenters. The van der Waals surface area contributed by atoms with Crippen molar-refractivity contribution in [3.8, 4) is 0 Å². The SMILES string of the molecule is CCOP(=O)(O)C(N)(CC)CC. The van der Waals surface area contributed by atoms with E-state index in [4.69, 9.17) is 10.3 Å². The zero-order chi connectivity index (χ0) is 9.83. The van der Waals surface area contributed by atoms with E-state index in [1.54, 1.807) is 20.8 Å². The summed E-state index contributed by atoms with van der Waals surface area (Å²) in [5, 5.41) is -1.08. The number of hydrogen-bond donors (Lipinski definition) is 2. The Balaban J connectivity index is 4.59. The molecule has 74 valence electrons. The number of nitrogens with two attached hydrogens (primary N) is 1. The molecule has 0 spiro atoms. The third-order valence-electron chi connectivity index (χ3n) is 2.09. The maximum Gasteiger partial charge on any atom is 0.347 e. The van der Waals surface area contributed by atoms with E-state index < -0.39 is 12.9 Å². The van der Waals surface area contributed by atoms with Crippen molar-refractivity contribution in [2.75, 3.05) is 6.61 Å². The minimum atomic E-state index is -3.64. The van der Waals surface area contributed by atoms with Crippen LogP contribution >= 0.6 is 7.60 Å². The molecule has 0 radical (unpaired) electrons. The summed E-state index contributed by atoms with van der Waals surface area (Å²) in [7, 11) is -3.64. The van der Waals surface area contributed by atoms with E-state index in [1.165, 1.54) is 0 Å². The first-order valence-corrected chi connectivity index (χ1v) is 5.77. The Bertz CT molecular complexity index is 179. The molecule has 0 fully saturated rings. The Labute approximate surface area is 73.6 Å². The predicted octanol–water partition coefficient (Wildman–Crippen LogP) is 1.68. The van der Waals surface area contributed by atoms with E-state index in [1.807, 2.05) is 0 Å². The molecule has 3 N–H and O–H groups in total. The first-order valence-electron chi connectivity index (χ1n) is 4.19. The van der Waals surface area contributed by atoms with Crippen LogP contribution < -0.4 is 5.73 Å². The number of hydrogen-bond acceptors (Lipinski definition) is 3. The van der Waals surface area contributed by atoms with Crippen LogP contribution in [-0.4, -0.2) is 16.8 Å². The van der Waals surface area contributed by atoms with Crippen LogP contribution in [-0.2, 0) is 9.09 Å². The van der Waals surface area contributed by atoms with Crippen LogP contribution in [0.25, 0.3) is 0 Å². The topological polar surface area (TPSA) is 72.5 Å². The summed E-state index contributed by atoms with van der Waals surface area (Å²) in [6.07, 6.45) is 0.883. The van der Waals surface area contributed by atoms with E-state index in [9.17, 15) is 9.46 Å². The van der Waals surface area contributed by atoms with E-state index in [2.05, 4.69) is 0 Å². The van der Waals surface area contributed by atoms with Crippen molar-refractivity contribution >= 4 is 7.60 Å². The summed E-state index contributed by atoms with van der Waals surface area (Å²) in [6.45, 7) is 5.46. The predicted molar refractivity (Wildman–Crippen MR) is 49.0 cm³/mol. The maximum absolute atomic E-state index is 11.5. The van der Waals surface area contributed by atoms with Crippen molar-refractivity contribution in [3.05, 3.63) is 0 Å². The van der Waals surface area contributed by atoms with Gasteiger partial charge in [0.1, 0.15) is 5.28 Å². The molecule has 0 aliphatic carbocycles. The molecule has 0 amide bonds. The van der Waals surface area contributed by atoms with Crippen molar-refractivity contribution in [1.82, 2.24) is 0 Å². The highest BCUT2D eigenvalue weighted by Crippen LogP contribution is 2.55. The molecule has 0 aliphatic rings. The van der Waals surface area contributed by atoms with Gasteiger partial charge in [-0.3, -0.25) is 4.57 Å². The molecule has 0 aromatic heterocycles. The second kappa shape index (κ2) is 4.38. The molecule has 4 nitrogen and oxygen atoms in total. The van der Waals surface area contributed by atoms with Crippen molar-refractivity contribution in [2.45, 2.75) is 38.9 Å². The Hall–Kier alpha value is 0.110. The molecule has 1 unspecified atom stereocenters. The minimum absolute atomic E-state index is 0.215. The molecule has 0 aliphatic heterocycles. The maximum atomic E-state index is 11.5. The summed E-state index contributed by atoms with van der Waals surface area (Å²) < 4.78 is 16.3. The fraction of sp³-hybridized carbons (Fsp3) is 1.00. The van der Waals surface area contributed by atoms with Gasteiger partial charge in [-0.2, -0.15) is 0 Å². The highest BCUT2D eigenvalue weighted by Gasteiger charge is 2.42. The van der Waals surface area contributed by atoms with Gasteiger partial charge in [0.05, 0.1) is 6.61 Å². The smallest absolute Gasteiger partial charge is 0.323 e. The molecule has 0 aromatic rings. The molecular weight excluding hydrogens is 177 g/mol. The van der Waals surface area contributed by atoms with Crippen LogP contribution in [0.1, 0.15) is 33.6 Å². The van der Waals surface area contributed by atoms with Crippen molar-refractivity contribution in [1.29, 1.82) is 0 Å². The van der Waals surface area contributed by atoms with Crippen LogP contribution in [0.15, 0.2) is 0 Å². The number of rotatable bonds is 5. The van der Waals surface area contributed by atoms with Gasteiger partial charge in [-0.15, -0.1) is 0 Å². The van der Waals surface area contributed by atoms with Crippen LogP contribution in [0.5, 0.6) is 0 Å². The third-order valence-corrected chi connectivity index (χ3v) is 4.46. The molecule has 5 heteroatoms. The largest absolute Gasteiger partial charge is 0.347 e. The van der Waals surface area contributed by atoms with Crippen LogP contribution in [0.2, 0.25) is 0 Å². The first-order chi connectivity index (χ1) is 5.43. The van der Waals surface area contributed by atoms with Gasteiger partial charge < -0.3 is 15.2 Å². The summed E-state index contributed by atoms with van der Waals surface area (Å²) in [5.74, 6) is 0. The summed E-state index contributed by atoms with van der Waals surface area (Å²) in [6, 6.07) is 0. The standard InChI is InChI=1S/C7H18NO3P/c1-4-7(8,5-2)12(9,10)11-6-3/h4-6,8H2,1-3H3,(H,9,10). The molecule has 0 bridgehead atoms. The van der Waals surface area contributed by atoms with Crippen molar-refractivity contribution < 1.29 is 14.0 Å². The van der Waals surface area contributed by atoms with Gasteiger partial charge in [0, 0.05) is 0 Å². The van der Waals surface area contributed by atoms with E-state index in [0.29, 0.717) is 12.8 Å². The molecule has 0 aromatic carbocycles. The Morgan fingerprint density at radius 1 is 1.42 bits per heavy atom. The van der Waals surface area contributed by atoms with Crippen LogP contribution in [0.4, 0.5) is 0 Å². The van der Waals surface area contributed by atoms with Crippen LogP contribution in [0, 0.1) is 0 Å². The quantitative estimate of drug-likeness (QED) is 0.654. The summed E-state index contributed by atoms with van der Waals surface area (Å²) >= 11 is 0. The highest BCUT2D eigenvalue weighted by atomic mass is 31.2. The molecule has 0 saturated carbocycles. The van der Waals surface area contributed by atoms with Gasteiger partial charge in [0.2, 0.25) is 0 Å². The van der Waals surface area contributed by atoms with Crippen LogP contribution in [0.3, 0.4) is 0 Å². The van der Waals surface area contributed by atoms with Crippen molar-refractivity contribution in [3.63, 3.8) is 0 Å².